The Hall–Kier alpha value is -2.54. The van der Waals surface area contributed by atoms with Gasteiger partial charge >= 0.3 is 11.8 Å². The van der Waals surface area contributed by atoms with Gasteiger partial charge in [-0.25, -0.2) is 0 Å². The average molecular weight is 391 g/mol. The van der Waals surface area contributed by atoms with E-state index in [-0.39, 0.29) is 12.6 Å². The summed E-state index contributed by atoms with van der Waals surface area (Å²) >= 11 is 3.30. The molecular weight excluding hydrogens is 376 g/mol. The van der Waals surface area contributed by atoms with Crippen LogP contribution in [0.25, 0.3) is 0 Å². The number of nitrogens with one attached hydrogen (secondary N) is 2. The fourth-order valence-corrected chi connectivity index (χ4v) is 2.44. The number of carbonyl (C=O) groups excluding carboxylic acids is 2. The summed E-state index contributed by atoms with van der Waals surface area (Å²) in [5, 5.41) is 5.08. The number of amides is 2. The van der Waals surface area contributed by atoms with E-state index in [1.54, 1.807) is 30.3 Å². The van der Waals surface area contributed by atoms with Gasteiger partial charge in [0, 0.05) is 10.2 Å². The quantitative estimate of drug-likeness (QED) is 0.788. The number of rotatable bonds is 3. The van der Waals surface area contributed by atoms with Crippen molar-refractivity contribution in [2.45, 2.75) is 6.10 Å². The molecule has 2 N–H and O–H groups in total. The minimum atomic E-state index is -0.727. The largest absolute Gasteiger partial charge is 0.486 e. The minimum absolute atomic E-state index is 0.181. The molecule has 0 saturated carbocycles. The van der Waals surface area contributed by atoms with Crippen LogP contribution in [0, 0.1) is 0 Å². The lowest BCUT2D eigenvalue weighted by Crippen LogP contribution is -2.44. The second-order valence-corrected chi connectivity index (χ2v) is 6.08. The van der Waals surface area contributed by atoms with Crippen molar-refractivity contribution >= 4 is 33.4 Å². The third kappa shape index (κ3) is 4.05. The zero-order valence-electron chi connectivity index (χ0n) is 12.6. The van der Waals surface area contributed by atoms with Gasteiger partial charge in [-0.3, -0.25) is 9.59 Å². The number of hydrogen-bond donors (Lipinski definition) is 2. The van der Waals surface area contributed by atoms with Crippen molar-refractivity contribution in [1.29, 1.82) is 0 Å². The lowest BCUT2D eigenvalue weighted by Gasteiger charge is -2.26. The topological polar surface area (TPSA) is 76.7 Å². The molecule has 0 fully saturated rings. The van der Waals surface area contributed by atoms with Crippen LogP contribution < -0.4 is 20.1 Å². The van der Waals surface area contributed by atoms with E-state index in [4.69, 9.17) is 9.47 Å². The highest BCUT2D eigenvalue weighted by molar-refractivity contribution is 9.10. The number of ether oxygens (including phenoxy) is 2. The van der Waals surface area contributed by atoms with E-state index in [2.05, 4.69) is 26.6 Å². The molecular formula is C17H15BrN2O4. The molecule has 3 rings (SSSR count). The summed E-state index contributed by atoms with van der Waals surface area (Å²) in [6.45, 7) is 0.493. The van der Waals surface area contributed by atoms with Crippen molar-refractivity contribution in [3.05, 3.63) is 53.0 Å². The van der Waals surface area contributed by atoms with Crippen molar-refractivity contribution in [2.24, 2.45) is 0 Å². The van der Waals surface area contributed by atoms with Crippen LogP contribution in [0.5, 0.6) is 11.5 Å². The van der Waals surface area contributed by atoms with Crippen molar-refractivity contribution in [3.8, 4) is 11.5 Å². The fourth-order valence-electron chi connectivity index (χ4n) is 2.17. The number of halogens is 1. The summed E-state index contributed by atoms with van der Waals surface area (Å²) < 4.78 is 12.2. The van der Waals surface area contributed by atoms with Crippen LogP contribution in [0.4, 0.5) is 5.69 Å². The lowest BCUT2D eigenvalue weighted by atomic mass is 10.2. The van der Waals surface area contributed by atoms with Crippen molar-refractivity contribution in [2.75, 3.05) is 18.5 Å². The molecule has 124 valence electrons. The second kappa shape index (κ2) is 7.35. The van der Waals surface area contributed by atoms with Gasteiger partial charge < -0.3 is 20.1 Å². The Bertz CT molecular complexity index is 749. The molecule has 0 aliphatic carbocycles. The molecule has 1 aliphatic rings. The number of carbonyl (C=O) groups is 2. The van der Waals surface area contributed by atoms with E-state index < -0.39 is 11.8 Å². The van der Waals surface area contributed by atoms with Crippen molar-refractivity contribution in [1.82, 2.24) is 5.32 Å². The Morgan fingerprint density at radius 2 is 1.75 bits per heavy atom. The molecule has 2 aromatic rings. The molecule has 0 bridgehead atoms. The van der Waals surface area contributed by atoms with Crippen LogP contribution in [0.15, 0.2) is 53.0 Å². The lowest BCUT2D eigenvalue weighted by molar-refractivity contribution is -0.136. The molecule has 1 unspecified atom stereocenters. The Morgan fingerprint density at radius 1 is 1.04 bits per heavy atom. The summed E-state index contributed by atoms with van der Waals surface area (Å²) in [7, 11) is 0. The maximum atomic E-state index is 11.9. The molecule has 2 aromatic carbocycles. The number of fused-ring (bicyclic) bond motifs is 1. The minimum Gasteiger partial charge on any atom is -0.486 e. The first-order valence-corrected chi connectivity index (χ1v) is 8.14. The van der Waals surface area contributed by atoms with Gasteiger partial charge in [0.2, 0.25) is 0 Å². The Labute approximate surface area is 147 Å². The van der Waals surface area contributed by atoms with E-state index >= 15 is 0 Å². The van der Waals surface area contributed by atoms with Gasteiger partial charge in [-0.15, -0.1) is 0 Å². The van der Waals surface area contributed by atoms with Crippen LogP contribution >= 0.6 is 15.9 Å². The van der Waals surface area contributed by atoms with E-state index in [1.165, 1.54) is 0 Å². The van der Waals surface area contributed by atoms with Crippen LogP contribution in [-0.4, -0.2) is 31.1 Å². The highest BCUT2D eigenvalue weighted by atomic mass is 79.9. The first-order valence-electron chi connectivity index (χ1n) is 7.35. The predicted molar refractivity (Wildman–Crippen MR) is 92.1 cm³/mol. The van der Waals surface area contributed by atoms with E-state index in [0.717, 1.165) is 4.47 Å². The first-order chi connectivity index (χ1) is 11.6. The standard InChI is InChI=1S/C17H15BrN2O4/c18-11-5-7-12(8-6-11)20-17(22)16(21)19-9-13-10-23-14-3-1-2-4-15(14)24-13/h1-8,13H,9-10H2,(H,19,21)(H,20,22). The summed E-state index contributed by atoms with van der Waals surface area (Å²) in [4.78, 5) is 23.7. The molecule has 0 radical (unpaired) electrons. The second-order valence-electron chi connectivity index (χ2n) is 5.17. The molecule has 0 saturated heterocycles. The highest BCUT2D eigenvalue weighted by Crippen LogP contribution is 2.30. The maximum Gasteiger partial charge on any atom is 0.313 e. The van der Waals surface area contributed by atoms with Crippen LogP contribution in [0.1, 0.15) is 0 Å². The Balaban J connectivity index is 1.49. The van der Waals surface area contributed by atoms with E-state index in [9.17, 15) is 9.59 Å². The van der Waals surface area contributed by atoms with E-state index in [1.807, 2.05) is 18.2 Å². The van der Waals surface area contributed by atoms with Crippen LogP contribution in [-0.2, 0) is 9.59 Å². The van der Waals surface area contributed by atoms with Crippen LogP contribution in [0.2, 0.25) is 0 Å². The Morgan fingerprint density at radius 3 is 2.50 bits per heavy atom. The van der Waals surface area contributed by atoms with Crippen molar-refractivity contribution < 1.29 is 19.1 Å². The first kappa shape index (κ1) is 16.3. The van der Waals surface area contributed by atoms with Gasteiger partial charge in [0.05, 0.1) is 6.54 Å². The van der Waals surface area contributed by atoms with Crippen molar-refractivity contribution in [3.63, 3.8) is 0 Å². The number of hydrogen-bond acceptors (Lipinski definition) is 4. The Kier molecular flexibility index (Phi) is 5.00. The van der Waals surface area contributed by atoms with Gasteiger partial charge in [-0.05, 0) is 36.4 Å². The molecule has 0 aromatic heterocycles. The molecule has 2 amide bonds. The third-order valence-electron chi connectivity index (χ3n) is 3.37. The molecule has 0 spiro atoms. The molecule has 1 heterocycles. The number of benzene rings is 2. The zero-order chi connectivity index (χ0) is 16.9. The van der Waals surface area contributed by atoms with Gasteiger partial charge in [-0.1, -0.05) is 28.1 Å². The van der Waals surface area contributed by atoms with Gasteiger partial charge in [-0.2, -0.15) is 0 Å². The summed E-state index contributed by atoms with van der Waals surface area (Å²) in [6, 6.07) is 14.3. The number of para-hydroxylation sites is 2. The molecule has 24 heavy (non-hydrogen) atoms. The normalized spacial score (nSPS) is 15.5. The molecule has 1 atom stereocenters. The van der Waals surface area contributed by atoms with Gasteiger partial charge in [0.25, 0.3) is 0 Å². The molecule has 6 nitrogen and oxygen atoms in total. The predicted octanol–water partition coefficient (Wildman–Crippen LogP) is 2.34. The van der Waals surface area contributed by atoms with Gasteiger partial charge in [0.1, 0.15) is 12.7 Å². The highest BCUT2D eigenvalue weighted by Gasteiger charge is 2.22. The zero-order valence-corrected chi connectivity index (χ0v) is 14.2. The fraction of sp³-hybridized carbons (Fsp3) is 0.176. The SMILES string of the molecule is O=C(NCC1COc2ccccc2O1)C(=O)Nc1ccc(Br)cc1. The summed E-state index contributed by atoms with van der Waals surface area (Å²) in [5.74, 6) is -0.148. The van der Waals surface area contributed by atoms with Crippen LogP contribution in [0.3, 0.4) is 0 Å². The average Bonchev–Trinajstić information content (AvgIpc) is 2.61. The van der Waals surface area contributed by atoms with E-state index in [0.29, 0.717) is 23.8 Å². The third-order valence-corrected chi connectivity index (χ3v) is 3.89. The molecule has 1 aliphatic heterocycles. The summed E-state index contributed by atoms with van der Waals surface area (Å²) in [6.07, 6.45) is -0.343. The maximum absolute atomic E-state index is 11.9. The monoisotopic (exact) mass is 390 g/mol. The molecule has 7 heteroatoms. The summed E-state index contributed by atoms with van der Waals surface area (Å²) in [5.41, 5.74) is 0.546. The van der Waals surface area contributed by atoms with Gasteiger partial charge in [0.15, 0.2) is 11.5 Å². The number of anilines is 1. The smallest absolute Gasteiger partial charge is 0.313 e.